The van der Waals surface area contributed by atoms with Crippen molar-refractivity contribution in [2.45, 2.75) is 51.2 Å². The molecular formula is C22H30O5. The fourth-order valence-electron chi connectivity index (χ4n) is 1.86. The van der Waals surface area contributed by atoms with E-state index in [1.807, 2.05) is 13.0 Å². The average Bonchev–Trinajstić information content (AvgIpc) is 2.63. The Hall–Kier alpha value is -2.50. The second kappa shape index (κ2) is 16.9. The van der Waals surface area contributed by atoms with Crippen molar-refractivity contribution in [2.24, 2.45) is 0 Å². The first-order valence-electron chi connectivity index (χ1n) is 9.07. The fourth-order valence-corrected chi connectivity index (χ4v) is 1.86. The maximum Gasteiger partial charge on any atom is 0.303 e. The van der Waals surface area contributed by atoms with Crippen LogP contribution >= 0.6 is 0 Å². The van der Waals surface area contributed by atoms with Crippen LogP contribution < -0.4 is 0 Å². The van der Waals surface area contributed by atoms with Gasteiger partial charge in [0.1, 0.15) is 6.10 Å². The van der Waals surface area contributed by atoms with Gasteiger partial charge in [0, 0.05) is 6.42 Å². The zero-order valence-electron chi connectivity index (χ0n) is 15.8. The van der Waals surface area contributed by atoms with Crippen molar-refractivity contribution in [3.05, 3.63) is 72.9 Å². The first-order chi connectivity index (χ1) is 13.0. The molecule has 0 aliphatic carbocycles. The Balaban J connectivity index is 4.05. The van der Waals surface area contributed by atoms with E-state index < -0.39 is 18.2 Å². The lowest BCUT2D eigenvalue weighted by Gasteiger charge is -2.01. The molecule has 2 atom stereocenters. The Kier molecular flexibility index (Phi) is 15.4. The summed E-state index contributed by atoms with van der Waals surface area (Å²) < 4.78 is 0. The molecule has 27 heavy (non-hydrogen) atoms. The van der Waals surface area contributed by atoms with Crippen LogP contribution in [-0.2, 0) is 9.59 Å². The van der Waals surface area contributed by atoms with Crippen LogP contribution in [0, 0.1) is 0 Å². The smallest absolute Gasteiger partial charge is 0.303 e. The maximum absolute atomic E-state index is 11.6. The molecule has 0 fully saturated rings. The lowest BCUT2D eigenvalue weighted by atomic mass is 10.1. The molecule has 5 heteroatoms. The van der Waals surface area contributed by atoms with Gasteiger partial charge in [-0.15, -0.1) is 0 Å². The molecule has 0 saturated carbocycles. The maximum atomic E-state index is 11.6. The van der Waals surface area contributed by atoms with Gasteiger partial charge in [0.25, 0.3) is 0 Å². The highest BCUT2D eigenvalue weighted by atomic mass is 16.4. The summed E-state index contributed by atoms with van der Waals surface area (Å²) in [5.41, 5.74) is 0. The Morgan fingerprint density at radius 1 is 0.852 bits per heavy atom. The fraction of sp³-hybridized carbons (Fsp3) is 0.364. The molecule has 2 unspecified atom stereocenters. The van der Waals surface area contributed by atoms with Gasteiger partial charge in [0.2, 0.25) is 0 Å². The Morgan fingerprint density at radius 3 is 2.15 bits per heavy atom. The number of rotatable bonds is 14. The molecule has 0 saturated heterocycles. The van der Waals surface area contributed by atoms with Gasteiger partial charge in [-0.2, -0.15) is 0 Å². The third-order valence-electron chi connectivity index (χ3n) is 3.31. The number of carbonyl (C=O) groups excluding carboxylic acids is 1. The van der Waals surface area contributed by atoms with E-state index in [1.165, 1.54) is 6.08 Å². The van der Waals surface area contributed by atoms with Crippen LogP contribution in [0.15, 0.2) is 72.9 Å². The monoisotopic (exact) mass is 374 g/mol. The minimum Gasteiger partial charge on any atom is -0.481 e. The Bertz CT molecular complexity index is 594. The van der Waals surface area contributed by atoms with Crippen molar-refractivity contribution in [1.82, 2.24) is 0 Å². The predicted molar refractivity (Wildman–Crippen MR) is 108 cm³/mol. The number of hydrogen-bond acceptors (Lipinski definition) is 4. The van der Waals surface area contributed by atoms with Crippen LogP contribution in [0.3, 0.4) is 0 Å². The van der Waals surface area contributed by atoms with Gasteiger partial charge in [-0.25, -0.2) is 0 Å². The minimum absolute atomic E-state index is 0.0897. The van der Waals surface area contributed by atoms with E-state index in [2.05, 4.69) is 0 Å². The first kappa shape index (κ1) is 24.5. The molecule has 0 rings (SSSR count). The zero-order valence-corrected chi connectivity index (χ0v) is 15.8. The van der Waals surface area contributed by atoms with Crippen molar-refractivity contribution >= 4 is 11.8 Å². The lowest BCUT2D eigenvalue weighted by molar-refractivity contribution is -0.136. The van der Waals surface area contributed by atoms with Gasteiger partial charge >= 0.3 is 5.97 Å². The van der Waals surface area contributed by atoms with Crippen molar-refractivity contribution in [1.29, 1.82) is 0 Å². The molecule has 0 radical (unpaired) electrons. The third-order valence-corrected chi connectivity index (χ3v) is 3.31. The van der Waals surface area contributed by atoms with E-state index >= 15 is 0 Å². The number of aliphatic hydroxyl groups excluding tert-OH is 2. The Morgan fingerprint density at radius 2 is 1.48 bits per heavy atom. The number of hydrogen-bond donors (Lipinski definition) is 3. The summed E-state index contributed by atoms with van der Waals surface area (Å²) in [6.45, 7) is 1.99. The van der Waals surface area contributed by atoms with Gasteiger partial charge in [-0.3, -0.25) is 9.59 Å². The van der Waals surface area contributed by atoms with Crippen LogP contribution in [0.25, 0.3) is 0 Å². The van der Waals surface area contributed by atoms with Crippen LogP contribution in [0.2, 0.25) is 0 Å². The number of allylic oxidation sites excluding steroid dienone is 8. The third kappa shape index (κ3) is 16.7. The zero-order chi connectivity index (χ0) is 20.3. The highest BCUT2D eigenvalue weighted by Gasteiger charge is 2.08. The molecule has 0 spiro atoms. The summed E-state index contributed by atoms with van der Waals surface area (Å²) in [7, 11) is 0. The predicted octanol–water partition coefficient (Wildman–Crippen LogP) is 3.67. The van der Waals surface area contributed by atoms with Gasteiger partial charge in [-0.1, -0.05) is 73.8 Å². The van der Waals surface area contributed by atoms with Crippen LogP contribution in [0.1, 0.15) is 39.0 Å². The van der Waals surface area contributed by atoms with Crippen molar-refractivity contribution in [3.8, 4) is 0 Å². The molecule has 0 aromatic carbocycles. The molecule has 148 valence electrons. The summed E-state index contributed by atoms with van der Waals surface area (Å²) in [5.74, 6) is -1.17. The number of ketones is 1. The molecule has 0 amide bonds. The van der Waals surface area contributed by atoms with E-state index in [4.69, 9.17) is 5.11 Å². The molecular weight excluding hydrogens is 344 g/mol. The molecule has 0 bridgehead atoms. The van der Waals surface area contributed by atoms with Crippen LogP contribution in [0.5, 0.6) is 0 Å². The van der Waals surface area contributed by atoms with Gasteiger partial charge in [-0.05, 0) is 31.8 Å². The minimum atomic E-state index is -1.00. The summed E-state index contributed by atoms with van der Waals surface area (Å²) in [4.78, 5) is 21.9. The summed E-state index contributed by atoms with van der Waals surface area (Å²) in [5, 5.41) is 27.8. The lowest BCUT2D eigenvalue weighted by Crippen LogP contribution is -2.16. The SMILES string of the molecule is CCC=CCC(O)C(=O)C=CC=CC=CC=CC(O)CC=CCCC(=O)O. The van der Waals surface area contributed by atoms with Gasteiger partial charge in [0.15, 0.2) is 5.78 Å². The number of aliphatic hydroxyl groups is 2. The molecule has 3 N–H and O–H groups in total. The summed E-state index contributed by atoms with van der Waals surface area (Å²) in [6.07, 6.45) is 20.9. The second-order valence-corrected chi connectivity index (χ2v) is 5.75. The first-order valence-corrected chi connectivity index (χ1v) is 9.07. The molecule has 0 aromatic heterocycles. The summed E-state index contributed by atoms with van der Waals surface area (Å²) >= 11 is 0. The quantitative estimate of drug-likeness (QED) is 0.245. The van der Waals surface area contributed by atoms with Crippen LogP contribution in [-0.4, -0.2) is 39.3 Å². The molecule has 0 heterocycles. The van der Waals surface area contributed by atoms with Crippen molar-refractivity contribution in [3.63, 3.8) is 0 Å². The van der Waals surface area contributed by atoms with E-state index in [-0.39, 0.29) is 12.2 Å². The summed E-state index contributed by atoms with van der Waals surface area (Å²) in [6, 6.07) is 0. The normalized spacial score (nSPS) is 15.2. The molecule has 0 aliphatic rings. The molecule has 0 aromatic rings. The van der Waals surface area contributed by atoms with Crippen molar-refractivity contribution in [2.75, 3.05) is 0 Å². The van der Waals surface area contributed by atoms with E-state index in [9.17, 15) is 19.8 Å². The average molecular weight is 374 g/mol. The highest BCUT2D eigenvalue weighted by molar-refractivity contribution is 5.93. The standard InChI is InChI=1S/C22H30O5/c1-2-3-9-16-20(24)21(25)17-12-7-5-4-6-10-14-19(23)15-11-8-13-18-22(26)27/h3-12,14,17,19-20,23-24H,2,13,15-16,18H2,1H3,(H,26,27). The second-order valence-electron chi connectivity index (χ2n) is 5.75. The van der Waals surface area contributed by atoms with Crippen LogP contribution in [0.4, 0.5) is 0 Å². The van der Waals surface area contributed by atoms with Crippen molar-refractivity contribution < 1.29 is 24.9 Å². The Labute approximate surface area is 161 Å². The van der Waals surface area contributed by atoms with Gasteiger partial charge < -0.3 is 15.3 Å². The van der Waals surface area contributed by atoms with E-state index in [0.29, 0.717) is 19.3 Å². The number of carbonyl (C=O) groups is 2. The van der Waals surface area contributed by atoms with E-state index in [0.717, 1.165) is 6.42 Å². The largest absolute Gasteiger partial charge is 0.481 e. The molecule has 5 nitrogen and oxygen atoms in total. The highest BCUT2D eigenvalue weighted by Crippen LogP contribution is 1.99. The number of carboxylic acid groups (broad SMARTS) is 1. The number of aliphatic carboxylic acids is 1. The van der Waals surface area contributed by atoms with Gasteiger partial charge in [0.05, 0.1) is 6.10 Å². The molecule has 0 aliphatic heterocycles. The number of carboxylic acids is 1. The van der Waals surface area contributed by atoms with E-state index in [1.54, 1.807) is 60.8 Å². The topological polar surface area (TPSA) is 94.8 Å².